The van der Waals surface area contributed by atoms with E-state index in [2.05, 4.69) is 19.2 Å². The Balaban J connectivity index is 1.77. The van der Waals surface area contributed by atoms with E-state index in [1.54, 1.807) is 24.3 Å². The standard InChI is InChI=1S/C17H22N2O3S/c1-11(2)12(3)18-15(20)10-23-9-8-19-16(21)13-6-4-5-7-14(13)17(19)22/h4-7,11-12H,8-10H2,1-3H3,(H,18,20)/t12-/m1/s1. The number of carbonyl (C=O) groups is 3. The Morgan fingerprint density at radius 2 is 1.70 bits per heavy atom. The Bertz CT molecular complexity index is 581. The third-order valence-corrected chi connectivity index (χ3v) is 4.90. The van der Waals surface area contributed by atoms with Crippen molar-refractivity contribution in [2.24, 2.45) is 5.92 Å². The lowest BCUT2D eigenvalue weighted by Crippen LogP contribution is -2.37. The average Bonchev–Trinajstić information content (AvgIpc) is 2.76. The van der Waals surface area contributed by atoms with Crippen molar-refractivity contribution in [3.8, 4) is 0 Å². The van der Waals surface area contributed by atoms with Crippen LogP contribution >= 0.6 is 11.8 Å². The number of nitrogens with one attached hydrogen (secondary N) is 1. The third kappa shape index (κ3) is 4.13. The molecule has 124 valence electrons. The van der Waals surface area contributed by atoms with Gasteiger partial charge in [-0.2, -0.15) is 11.8 Å². The molecule has 1 heterocycles. The van der Waals surface area contributed by atoms with Gasteiger partial charge in [0.15, 0.2) is 0 Å². The van der Waals surface area contributed by atoms with Gasteiger partial charge in [-0.25, -0.2) is 0 Å². The molecule has 0 aromatic heterocycles. The molecule has 6 heteroatoms. The maximum absolute atomic E-state index is 12.2. The summed E-state index contributed by atoms with van der Waals surface area (Å²) in [5.74, 6) is 0.767. The van der Waals surface area contributed by atoms with Crippen LogP contribution in [0.1, 0.15) is 41.5 Å². The molecule has 0 aliphatic carbocycles. The molecule has 0 saturated heterocycles. The molecule has 1 aromatic carbocycles. The number of rotatable bonds is 7. The molecule has 1 N–H and O–H groups in total. The van der Waals surface area contributed by atoms with Crippen LogP contribution in [-0.4, -0.2) is 46.7 Å². The Morgan fingerprint density at radius 1 is 1.13 bits per heavy atom. The van der Waals surface area contributed by atoms with Crippen LogP contribution < -0.4 is 5.32 Å². The first-order chi connectivity index (χ1) is 10.9. The van der Waals surface area contributed by atoms with Crippen LogP contribution in [0.4, 0.5) is 0 Å². The van der Waals surface area contributed by atoms with Crippen LogP contribution in [0.2, 0.25) is 0 Å². The fourth-order valence-electron chi connectivity index (χ4n) is 2.23. The summed E-state index contributed by atoms with van der Waals surface area (Å²) in [5.41, 5.74) is 0.928. The smallest absolute Gasteiger partial charge is 0.261 e. The highest BCUT2D eigenvalue weighted by atomic mass is 32.2. The van der Waals surface area contributed by atoms with Crippen LogP contribution in [0.3, 0.4) is 0 Å². The minimum Gasteiger partial charge on any atom is -0.353 e. The zero-order valence-electron chi connectivity index (χ0n) is 13.7. The van der Waals surface area contributed by atoms with Gasteiger partial charge in [-0.15, -0.1) is 0 Å². The summed E-state index contributed by atoms with van der Waals surface area (Å²) < 4.78 is 0. The molecule has 0 radical (unpaired) electrons. The molecule has 0 spiro atoms. The van der Waals surface area contributed by atoms with E-state index in [9.17, 15) is 14.4 Å². The van der Waals surface area contributed by atoms with Crippen molar-refractivity contribution in [3.05, 3.63) is 35.4 Å². The van der Waals surface area contributed by atoms with Gasteiger partial charge in [-0.1, -0.05) is 26.0 Å². The van der Waals surface area contributed by atoms with E-state index >= 15 is 0 Å². The van der Waals surface area contributed by atoms with E-state index in [0.717, 1.165) is 0 Å². The van der Waals surface area contributed by atoms with Crippen molar-refractivity contribution in [2.75, 3.05) is 18.1 Å². The molecule has 23 heavy (non-hydrogen) atoms. The second-order valence-electron chi connectivity index (χ2n) is 5.96. The number of fused-ring (bicyclic) bond motifs is 1. The minimum atomic E-state index is -0.246. The van der Waals surface area contributed by atoms with E-state index in [-0.39, 0.29) is 23.8 Å². The van der Waals surface area contributed by atoms with Gasteiger partial charge in [0.1, 0.15) is 0 Å². The number of hydrogen-bond donors (Lipinski definition) is 1. The summed E-state index contributed by atoms with van der Waals surface area (Å²) in [6.07, 6.45) is 0. The Labute approximate surface area is 140 Å². The zero-order valence-corrected chi connectivity index (χ0v) is 14.5. The molecular formula is C17H22N2O3S. The molecule has 3 amide bonds. The normalized spacial score (nSPS) is 15.0. The van der Waals surface area contributed by atoms with E-state index < -0.39 is 0 Å². The Hall–Kier alpha value is -1.82. The summed E-state index contributed by atoms with van der Waals surface area (Å²) in [5, 5.41) is 2.93. The summed E-state index contributed by atoms with van der Waals surface area (Å²) in [6, 6.07) is 6.98. The van der Waals surface area contributed by atoms with Crippen molar-refractivity contribution in [3.63, 3.8) is 0 Å². The SMILES string of the molecule is CC(C)[C@@H](C)NC(=O)CSCCN1C(=O)c2ccccc2C1=O. The number of carbonyl (C=O) groups excluding carboxylic acids is 3. The fourth-order valence-corrected chi connectivity index (χ4v) is 2.95. The van der Waals surface area contributed by atoms with E-state index in [1.807, 2.05) is 6.92 Å². The maximum Gasteiger partial charge on any atom is 0.261 e. The first-order valence-electron chi connectivity index (χ1n) is 7.74. The summed E-state index contributed by atoms with van der Waals surface area (Å²) in [7, 11) is 0. The van der Waals surface area contributed by atoms with Gasteiger partial charge in [0.05, 0.1) is 16.9 Å². The second-order valence-corrected chi connectivity index (χ2v) is 7.07. The molecule has 0 unspecified atom stereocenters. The van der Waals surface area contributed by atoms with Crippen LogP contribution in [0.15, 0.2) is 24.3 Å². The number of nitrogens with zero attached hydrogens (tertiary/aromatic N) is 1. The highest BCUT2D eigenvalue weighted by molar-refractivity contribution is 7.99. The first kappa shape index (κ1) is 17.5. The summed E-state index contributed by atoms with van der Waals surface area (Å²) >= 11 is 1.43. The third-order valence-electron chi connectivity index (χ3n) is 3.96. The van der Waals surface area contributed by atoms with Crippen LogP contribution in [0, 0.1) is 5.92 Å². The zero-order chi connectivity index (χ0) is 17.0. The molecule has 0 bridgehead atoms. The van der Waals surface area contributed by atoms with Crippen molar-refractivity contribution < 1.29 is 14.4 Å². The number of thioether (sulfide) groups is 1. The lowest BCUT2D eigenvalue weighted by molar-refractivity contribution is -0.119. The highest BCUT2D eigenvalue weighted by Crippen LogP contribution is 2.22. The number of imide groups is 1. The van der Waals surface area contributed by atoms with Crippen LogP contribution in [0.5, 0.6) is 0 Å². The predicted molar refractivity (Wildman–Crippen MR) is 91.6 cm³/mol. The lowest BCUT2D eigenvalue weighted by Gasteiger charge is -2.17. The quantitative estimate of drug-likeness (QED) is 0.613. The molecule has 1 aliphatic rings. The fraction of sp³-hybridized carbons (Fsp3) is 0.471. The van der Waals surface area contributed by atoms with Crippen molar-refractivity contribution >= 4 is 29.5 Å². The van der Waals surface area contributed by atoms with Gasteiger partial charge in [0.2, 0.25) is 5.91 Å². The van der Waals surface area contributed by atoms with E-state index in [4.69, 9.17) is 0 Å². The topological polar surface area (TPSA) is 66.5 Å². The molecule has 0 fully saturated rings. The van der Waals surface area contributed by atoms with Crippen molar-refractivity contribution in [2.45, 2.75) is 26.8 Å². The molecule has 1 aromatic rings. The molecule has 1 atom stereocenters. The molecule has 0 saturated carbocycles. The summed E-state index contributed by atoms with van der Waals surface area (Å²) in [4.78, 5) is 37.4. The Morgan fingerprint density at radius 3 is 2.22 bits per heavy atom. The summed E-state index contributed by atoms with van der Waals surface area (Å²) in [6.45, 7) is 6.41. The van der Waals surface area contributed by atoms with Crippen molar-refractivity contribution in [1.29, 1.82) is 0 Å². The average molecular weight is 334 g/mol. The largest absolute Gasteiger partial charge is 0.353 e. The predicted octanol–water partition coefficient (Wildman–Crippen LogP) is 2.18. The van der Waals surface area contributed by atoms with Gasteiger partial charge in [0.25, 0.3) is 11.8 Å². The second kappa shape index (κ2) is 7.64. The monoisotopic (exact) mass is 334 g/mol. The van der Waals surface area contributed by atoms with Gasteiger partial charge < -0.3 is 5.32 Å². The van der Waals surface area contributed by atoms with Crippen LogP contribution in [-0.2, 0) is 4.79 Å². The Kier molecular flexibility index (Phi) is 5.82. The number of amides is 3. The van der Waals surface area contributed by atoms with E-state index in [0.29, 0.717) is 35.1 Å². The van der Waals surface area contributed by atoms with Crippen molar-refractivity contribution in [1.82, 2.24) is 10.2 Å². The lowest BCUT2D eigenvalue weighted by atomic mass is 10.1. The van der Waals surface area contributed by atoms with Gasteiger partial charge in [0, 0.05) is 18.3 Å². The minimum absolute atomic E-state index is 0.0152. The molecule has 2 rings (SSSR count). The first-order valence-corrected chi connectivity index (χ1v) is 8.89. The molecule has 5 nitrogen and oxygen atoms in total. The number of benzene rings is 1. The number of hydrogen-bond acceptors (Lipinski definition) is 4. The maximum atomic E-state index is 12.2. The van der Waals surface area contributed by atoms with Gasteiger partial charge in [-0.05, 0) is 25.0 Å². The van der Waals surface area contributed by atoms with Gasteiger partial charge >= 0.3 is 0 Å². The van der Waals surface area contributed by atoms with Gasteiger partial charge in [-0.3, -0.25) is 19.3 Å². The van der Waals surface area contributed by atoms with E-state index in [1.165, 1.54) is 16.7 Å². The highest BCUT2D eigenvalue weighted by Gasteiger charge is 2.34. The molecule has 1 aliphatic heterocycles. The molecular weight excluding hydrogens is 312 g/mol. The van der Waals surface area contributed by atoms with Crippen LogP contribution in [0.25, 0.3) is 0 Å².